The van der Waals surface area contributed by atoms with E-state index >= 15 is 0 Å². The number of hydrogen-bond donors (Lipinski definition) is 2. The molecule has 0 saturated carbocycles. The first-order valence-electron chi connectivity index (χ1n) is 13.8. The van der Waals surface area contributed by atoms with Crippen molar-refractivity contribution in [3.05, 3.63) is 39.7 Å². The highest BCUT2D eigenvalue weighted by Gasteiger charge is 2.28. The molecule has 1 amide bonds. The Morgan fingerprint density at radius 3 is 2.53 bits per heavy atom. The van der Waals surface area contributed by atoms with Gasteiger partial charge in [0.1, 0.15) is 11.2 Å². The van der Waals surface area contributed by atoms with Crippen LogP contribution in [0.1, 0.15) is 72.6 Å². The summed E-state index contributed by atoms with van der Waals surface area (Å²) in [5, 5.41) is 8.99. The number of rotatable bonds is 4. The zero-order valence-electron chi connectivity index (χ0n) is 23.4. The van der Waals surface area contributed by atoms with Crippen molar-refractivity contribution in [3.8, 4) is 11.3 Å². The molecule has 2 fully saturated rings. The van der Waals surface area contributed by atoms with Crippen LogP contribution in [0, 0.1) is 20.8 Å². The smallest absolute Gasteiger partial charge is 0.209 e. The summed E-state index contributed by atoms with van der Waals surface area (Å²) in [6.07, 6.45) is 7.24. The summed E-state index contributed by atoms with van der Waals surface area (Å²) in [5.41, 5.74) is 8.54. The second-order valence-corrected chi connectivity index (χ2v) is 12.0. The minimum absolute atomic E-state index is 0.396. The van der Waals surface area contributed by atoms with E-state index in [1.807, 2.05) is 20.8 Å². The van der Waals surface area contributed by atoms with Crippen LogP contribution in [0.4, 0.5) is 0 Å². The molecule has 0 bridgehead atoms. The Balaban J connectivity index is 0.000000366. The number of aromatic amines is 1. The van der Waals surface area contributed by atoms with Crippen LogP contribution in [-0.2, 0) is 9.53 Å². The summed E-state index contributed by atoms with van der Waals surface area (Å²) in [7, 11) is 0. The van der Waals surface area contributed by atoms with Crippen LogP contribution in [0.2, 0.25) is 0 Å². The first kappa shape index (κ1) is 26.8. The van der Waals surface area contributed by atoms with E-state index in [9.17, 15) is 4.79 Å². The van der Waals surface area contributed by atoms with Gasteiger partial charge in [-0.3, -0.25) is 4.79 Å². The molecule has 0 aromatic carbocycles. The Kier molecular flexibility index (Phi) is 7.88. The van der Waals surface area contributed by atoms with E-state index in [0.717, 1.165) is 57.7 Å². The van der Waals surface area contributed by atoms with Gasteiger partial charge in [-0.15, -0.1) is 11.3 Å². The third-order valence-electron chi connectivity index (χ3n) is 8.10. The number of fused-ring (bicyclic) bond motifs is 2. The van der Waals surface area contributed by atoms with E-state index in [2.05, 4.69) is 68.1 Å². The van der Waals surface area contributed by atoms with Crippen LogP contribution < -0.4 is 5.32 Å². The molecular formula is C29H40N6O2S. The van der Waals surface area contributed by atoms with Gasteiger partial charge in [-0.1, -0.05) is 13.8 Å². The third-order valence-corrected chi connectivity index (χ3v) is 9.47. The predicted octanol–water partition coefficient (Wildman–Crippen LogP) is 5.32. The minimum Gasteiger partial charge on any atom is -0.376 e. The van der Waals surface area contributed by atoms with Crippen molar-refractivity contribution in [2.24, 2.45) is 0 Å². The third kappa shape index (κ3) is 4.99. The van der Waals surface area contributed by atoms with Gasteiger partial charge in [0.15, 0.2) is 5.65 Å². The molecule has 38 heavy (non-hydrogen) atoms. The van der Waals surface area contributed by atoms with Gasteiger partial charge in [0.2, 0.25) is 6.41 Å². The fraction of sp³-hybridized carbons (Fsp3) is 0.552. The Morgan fingerprint density at radius 2 is 1.92 bits per heavy atom. The van der Waals surface area contributed by atoms with Gasteiger partial charge in [0.05, 0.1) is 18.4 Å². The summed E-state index contributed by atoms with van der Waals surface area (Å²) in [6.45, 7) is 17.8. The highest BCUT2D eigenvalue weighted by molar-refractivity contribution is 7.19. The van der Waals surface area contributed by atoms with E-state index in [0.29, 0.717) is 17.9 Å². The number of amides is 1. The lowest BCUT2D eigenvalue weighted by molar-refractivity contribution is -0.119. The normalized spacial score (nSPS) is 18.8. The number of aryl methyl sites for hydroxylation is 2. The van der Waals surface area contributed by atoms with Crippen molar-refractivity contribution in [1.82, 2.24) is 29.8 Å². The summed E-state index contributed by atoms with van der Waals surface area (Å²) in [5.74, 6) is 0.939. The number of nitrogens with one attached hydrogen (secondary N) is 2. The summed E-state index contributed by atoms with van der Waals surface area (Å²) in [4.78, 5) is 23.9. The van der Waals surface area contributed by atoms with Crippen molar-refractivity contribution < 1.29 is 9.53 Å². The molecule has 0 spiro atoms. The zero-order valence-corrected chi connectivity index (χ0v) is 24.2. The molecule has 8 nitrogen and oxygen atoms in total. The molecule has 2 saturated heterocycles. The molecule has 1 atom stereocenters. The Labute approximate surface area is 228 Å². The second-order valence-electron chi connectivity index (χ2n) is 11.0. The number of pyridine rings is 1. The van der Waals surface area contributed by atoms with Crippen LogP contribution >= 0.6 is 11.3 Å². The van der Waals surface area contributed by atoms with Gasteiger partial charge in [-0.2, -0.15) is 5.10 Å². The molecular weight excluding hydrogens is 496 g/mol. The van der Waals surface area contributed by atoms with E-state index in [4.69, 9.17) is 4.74 Å². The average Bonchev–Trinajstić information content (AvgIpc) is 3.62. The second kappa shape index (κ2) is 11.2. The number of likely N-dealkylation sites (tertiary alicyclic amines) is 1. The summed E-state index contributed by atoms with van der Waals surface area (Å²) >= 11 is 1.90. The van der Waals surface area contributed by atoms with Gasteiger partial charge < -0.3 is 19.9 Å². The lowest BCUT2D eigenvalue weighted by Gasteiger charge is -2.29. The topological polar surface area (TPSA) is 87.5 Å². The fourth-order valence-electron chi connectivity index (χ4n) is 5.85. The summed E-state index contributed by atoms with van der Waals surface area (Å²) in [6, 6.07) is 0. The molecule has 6 heterocycles. The molecule has 0 radical (unpaired) electrons. The zero-order chi connectivity index (χ0) is 27.0. The van der Waals surface area contributed by atoms with Gasteiger partial charge in [0, 0.05) is 48.2 Å². The van der Waals surface area contributed by atoms with E-state index < -0.39 is 0 Å². The monoisotopic (exact) mass is 536 g/mol. The number of carbonyl (C=O) groups excluding carboxylic acids is 1. The van der Waals surface area contributed by atoms with Gasteiger partial charge in [0.25, 0.3) is 0 Å². The molecule has 6 rings (SSSR count). The van der Waals surface area contributed by atoms with Gasteiger partial charge in [-0.25, -0.2) is 9.50 Å². The number of morpholine rings is 1. The van der Waals surface area contributed by atoms with Crippen LogP contribution in [0.15, 0.2) is 12.5 Å². The van der Waals surface area contributed by atoms with E-state index in [-0.39, 0.29) is 0 Å². The Bertz CT molecular complexity index is 1420. The SMILES string of the molecule is CC1CNCCO1.Cc1c(-c2[nH]c3sc(C4CCN(C=O)CC4)c(C)c3c2C(C)C)cn2ncnc2c1C. The molecule has 1 unspecified atom stereocenters. The predicted molar refractivity (Wildman–Crippen MR) is 154 cm³/mol. The standard InChI is InChI=1S/C24H29N5OS.C5H11NO/c1-13(2)19-20-16(5)22(17-6-8-28(12-30)9-7-17)31-24(20)27-21(19)18-10-29-23(25-11-26-29)15(4)14(18)3;1-5-4-6-2-3-7-5/h10-13,17,27H,6-9H2,1-5H3;5-6H,2-4H2,1H3. The van der Waals surface area contributed by atoms with Crippen molar-refractivity contribution in [1.29, 1.82) is 0 Å². The first-order valence-corrected chi connectivity index (χ1v) is 14.6. The van der Waals surface area contributed by atoms with Crippen molar-refractivity contribution in [3.63, 3.8) is 0 Å². The molecule has 204 valence electrons. The molecule has 4 aromatic rings. The molecule has 4 aromatic heterocycles. The molecule has 2 N–H and O–H groups in total. The number of H-pyrrole nitrogens is 1. The number of carbonyl (C=O) groups is 1. The summed E-state index contributed by atoms with van der Waals surface area (Å²) < 4.78 is 7.10. The number of hydrogen-bond acceptors (Lipinski definition) is 6. The molecule has 2 aliphatic heterocycles. The molecule has 9 heteroatoms. The maximum Gasteiger partial charge on any atom is 0.209 e. The van der Waals surface area contributed by atoms with Crippen molar-refractivity contribution in [2.45, 2.75) is 72.3 Å². The number of nitrogens with zero attached hydrogens (tertiary/aromatic N) is 4. The Morgan fingerprint density at radius 1 is 1.16 bits per heavy atom. The maximum absolute atomic E-state index is 11.1. The number of ether oxygens (including phenoxy) is 1. The van der Waals surface area contributed by atoms with Crippen molar-refractivity contribution >= 4 is 33.6 Å². The quantitative estimate of drug-likeness (QED) is 0.345. The fourth-order valence-corrected chi connectivity index (χ4v) is 7.24. The van der Waals surface area contributed by atoms with Crippen LogP contribution in [0.3, 0.4) is 0 Å². The maximum atomic E-state index is 11.1. The van der Waals surface area contributed by atoms with Crippen LogP contribution in [0.5, 0.6) is 0 Å². The molecule has 0 aliphatic carbocycles. The number of aromatic nitrogens is 4. The first-order chi connectivity index (χ1) is 18.3. The van der Waals surface area contributed by atoms with Crippen molar-refractivity contribution in [2.75, 3.05) is 32.8 Å². The minimum atomic E-state index is 0.396. The lowest BCUT2D eigenvalue weighted by Crippen LogP contribution is -2.36. The van der Waals surface area contributed by atoms with Gasteiger partial charge in [-0.05, 0) is 74.6 Å². The van der Waals surface area contributed by atoms with Crippen LogP contribution in [0.25, 0.3) is 27.1 Å². The molecule has 2 aliphatic rings. The van der Waals surface area contributed by atoms with E-state index in [1.54, 1.807) is 6.33 Å². The van der Waals surface area contributed by atoms with Gasteiger partial charge >= 0.3 is 0 Å². The highest BCUT2D eigenvalue weighted by Crippen LogP contribution is 2.46. The Hall–Kier alpha value is -2.75. The number of thiophene rings is 1. The van der Waals surface area contributed by atoms with E-state index in [1.165, 1.54) is 48.6 Å². The van der Waals surface area contributed by atoms with Crippen LogP contribution in [-0.4, -0.2) is 69.8 Å². The average molecular weight is 537 g/mol. The number of piperidine rings is 1. The largest absolute Gasteiger partial charge is 0.376 e. The highest BCUT2D eigenvalue weighted by atomic mass is 32.1. The lowest BCUT2D eigenvalue weighted by atomic mass is 9.90.